The number of benzene rings is 1. The number of methoxy groups -OCH3 is 1. The molecule has 1 fully saturated rings. The van der Waals surface area contributed by atoms with E-state index in [2.05, 4.69) is 46.4 Å². The number of carboxylic acid groups (broad SMARTS) is 1. The third kappa shape index (κ3) is 6.48. The number of carboxylic acids is 1. The van der Waals surface area contributed by atoms with Gasteiger partial charge in [0.2, 0.25) is 0 Å². The minimum absolute atomic E-state index is 0.215. The number of nitrogens with one attached hydrogen (secondary N) is 1. The van der Waals surface area contributed by atoms with Crippen LogP contribution >= 0.6 is 0 Å². The predicted molar refractivity (Wildman–Crippen MR) is 131 cm³/mol. The summed E-state index contributed by atoms with van der Waals surface area (Å²) < 4.78 is 7.31. The topological polar surface area (TPSA) is 93.5 Å². The average molecular weight is 466 g/mol. The van der Waals surface area contributed by atoms with Crippen LogP contribution in [0.5, 0.6) is 0 Å². The van der Waals surface area contributed by atoms with Gasteiger partial charge < -0.3 is 19.7 Å². The summed E-state index contributed by atoms with van der Waals surface area (Å²) in [4.78, 5) is 29.2. The zero-order valence-corrected chi connectivity index (χ0v) is 20.8. The molecule has 0 saturated heterocycles. The van der Waals surface area contributed by atoms with Gasteiger partial charge in [0.05, 0.1) is 5.92 Å². The van der Waals surface area contributed by atoms with Crippen molar-refractivity contribution < 1.29 is 19.4 Å². The molecule has 1 aliphatic carbocycles. The molecule has 2 N–H and O–H groups in total. The van der Waals surface area contributed by atoms with Crippen LogP contribution in [0.25, 0.3) is 0 Å². The molecule has 1 heterocycles. The molecule has 34 heavy (non-hydrogen) atoms. The van der Waals surface area contributed by atoms with Gasteiger partial charge in [-0.3, -0.25) is 9.59 Å². The van der Waals surface area contributed by atoms with E-state index in [0.717, 1.165) is 18.4 Å². The molecule has 0 radical (unpaired) electrons. The predicted octanol–water partition coefficient (Wildman–Crippen LogP) is 3.95. The number of aliphatic carboxylic acids is 1. The summed E-state index contributed by atoms with van der Waals surface area (Å²) in [7, 11) is 1.60. The Kier molecular flexibility index (Phi) is 8.16. The molecular weight excluding hydrogens is 430 g/mol. The maximum atomic E-state index is 13.4. The van der Waals surface area contributed by atoms with Crippen molar-refractivity contribution in [3.05, 3.63) is 52.6 Å². The summed E-state index contributed by atoms with van der Waals surface area (Å²) in [5, 5.41) is 12.3. The highest BCUT2D eigenvalue weighted by atomic mass is 16.5. The maximum Gasteiger partial charge on any atom is 0.306 e. The molecule has 0 aliphatic heterocycles. The van der Waals surface area contributed by atoms with Gasteiger partial charge >= 0.3 is 5.97 Å². The van der Waals surface area contributed by atoms with Gasteiger partial charge in [0, 0.05) is 20.2 Å². The number of nitrogens with zero attached hydrogens (tertiary/aromatic N) is 2. The first kappa shape index (κ1) is 25.5. The fourth-order valence-electron chi connectivity index (χ4n) is 4.15. The van der Waals surface area contributed by atoms with Gasteiger partial charge in [0.1, 0.15) is 22.8 Å². The van der Waals surface area contributed by atoms with Crippen LogP contribution < -0.4 is 5.32 Å². The third-order valence-corrected chi connectivity index (χ3v) is 6.57. The molecule has 0 spiro atoms. The van der Waals surface area contributed by atoms with E-state index in [-0.39, 0.29) is 17.7 Å². The number of aromatic nitrogens is 2. The molecule has 1 aromatic heterocycles. The van der Waals surface area contributed by atoms with Gasteiger partial charge in [0.25, 0.3) is 5.91 Å². The van der Waals surface area contributed by atoms with Gasteiger partial charge in [-0.25, -0.2) is 4.98 Å². The largest absolute Gasteiger partial charge is 0.481 e. The highest BCUT2D eigenvalue weighted by Gasteiger charge is 2.27. The van der Waals surface area contributed by atoms with Crippen molar-refractivity contribution in [2.24, 2.45) is 11.8 Å². The lowest BCUT2D eigenvalue weighted by Crippen LogP contribution is -2.34. The number of ether oxygens (including phenoxy) is 1. The van der Waals surface area contributed by atoms with Gasteiger partial charge in [-0.05, 0) is 70.8 Å². The van der Waals surface area contributed by atoms with Gasteiger partial charge in [-0.1, -0.05) is 35.7 Å². The second-order valence-corrected chi connectivity index (χ2v) is 9.66. The second-order valence-electron chi connectivity index (χ2n) is 9.66. The first-order valence-corrected chi connectivity index (χ1v) is 11.8. The molecule has 3 rings (SSSR count). The molecular formula is C27H35N3O4. The number of hydrogen-bond acceptors (Lipinski definition) is 4. The van der Waals surface area contributed by atoms with Crippen molar-refractivity contribution in [3.8, 4) is 11.8 Å². The quantitative estimate of drug-likeness (QED) is 0.604. The van der Waals surface area contributed by atoms with Crippen molar-refractivity contribution in [2.45, 2.75) is 65.5 Å². The van der Waals surface area contributed by atoms with Crippen molar-refractivity contribution in [1.82, 2.24) is 14.9 Å². The van der Waals surface area contributed by atoms with E-state index in [1.807, 2.05) is 32.3 Å². The lowest BCUT2D eigenvalue weighted by atomic mass is 9.82. The fourth-order valence-corrected chi connectivity index (χ4v) is 4.15. The minimum atomic E-state index is -0.722. The summed E-state index contributed by atoms with van der Waals surface area (Å²) in [6.07, 6.45) is 2.91. The number of hydrogen-bond donors (Lipinski definition) is 2. The summed E-state index contributed by atoms with van der Waals surface area (Å²) in [6.45, 7) is 8.68. The molecule has 2 aromatic rings. The fraction of sp³-hybridized carbons (Fsp3) is 0.519. The van der Waals surface area contributed by atoms with E-state index in [0.29, 0.717) is 43.1 Å². The van der Waals surface area contributed by atoms with Crippen LogP contribution in [0, 0.1) is 37.5 Å². The van der Waals surface area contributed by atoms with E-state index in [1.165, 1.54) is 5.56 Å². The van der Waals surface area contributed by atoms with Crippen molar-refractivity contribution in [2.75, 3.05) is 13.7 Å². The summed E-state index contributed by atoms with van der Waals surface area (Å²) in [6, 6.07) is 8.21. The van der Waals surface area contributed by atoms with Gasteiger partial charge in [-0.2, -0.15) is 0 Å². The Morgan fingerprint density at radius 2 is 1.82 bits per heavy atom. The van der Waals surface area contributed by atoms with Crippen molar-refractivity contribution >= 4 is 11.9 Å². The molecule has 1 saturated carbocycles. The van der Waals surface area contributed by atoms with Crippen molar-refractivity contribution in [3.63, 3.8) is 0 Å². The SMILES string of the molecule is COC(C)(C)C#Cc1nc(C)n(Cc2ccc(C)cc2)c1C(=O)NCC1CCC(C(=O)O)CC1. The number of imidazole rings is 1. The number of amides is 1. The van der Waals surface area contributed by atoms with E-state index in [4.69, 9.17) is 4.74 Å². The number of carbonyl (C=O) groups excluding carboxylic acids is 1. The average Bonchev–Trinajstić information content (AvgIpc) is 3.13. The molecule has 7 nitrogen and oxygen atoms in total. The number of carbonyl (C=O) groups is 2. The Bertz CT molecular complexity index is 1080. The summed E-state index contributed by atoms with van der Waals surface area (Å²) >= 11 is 0. The highest BCUT2D eigenvalue weighted by molar-refractivity contribution is 5.95. The van der Waals surface area contributed by atoms with Gasteiger partial charge in [0.15, 0.2) is 0 Å². The normalized spacial score (nSPS) is 18.1. The van der Waals surface area contributed by atoms with Crippen LogP contribution in [0.2, 0.25) is 0 Å². The number of rotatable bonds is 7. The molecule has 7 heteroatoms. The van der Waals surface area contributed by atoms with Crippen LogP contribution in [-0.4, -0.2) is 45.8 Å². The van der Waals surface area contributed by atoms with Crippen molar-refractivity contribution in [1.29, 1.82) is 0 Å². The lowest BCUT2D eigenvalue weighted by Gasteiger charge is -2.26. The molecule has 1 aliphatic rings. The monoisotopic (exact) mass is 465 g/mol. The highest BCUT2D eigenvalue weighted by Crippen LogP contribution is 2.28. The Morgan fingerprint density at radius 3 is 2.41 bits per heavy atom. The van der Waals surface area contributed by atoms with Crippen LogP contribution in [0.3, 0.4) is 0 Å². The molecule has 0 bridgehead atoms. The first-order chi connectivity index (χ1) is 16.1. The maximum absolute atomic E-state index is 13.4. The zero-order chi connectivity index (χ0) is 24.9. The zero-order valence-electron chi connectivity index (χ0n) is 20.8. The number of aryl methyl sites for hydroxylation is 2. The molecule has 182 valence electrons. The molecule has 1 amide bonds. The van der Waals surface area contributed by atoms with E-state index in [1.54, 1.807) is 7.11 Å². The molecule has 0 unspecified atom stereocenters. The first-order valence-electron chi connectivity index (χ1n) is 11.8. The Hall–Kier alpha value is -3.11. The van der Waals surface area contributed by atoms with Gasteiger partial charge in [-0.15, -0.1) is 0 Å². The van der Waals surface area contributed by atoms with Crippen LogP contribution in [0.4, 0.5) is 0 Å². The standard InChI is InChI=1S/C27H35N3O4/c1-18-6-8-21(9-7-18)17-30-19(2)29-23(14-15-27(3,4)34-5)24(30)25(31)28-16-20-10-12-22(13-11-20)26(32)33/h6-9,20,22H,10-13,16-17H2,1-5H3,(H,28,31)(H,32,33). The Labute approximate surface area is 201 Å². The molecule has 1 aromatic carbocycles. The summed E-state index contributed by atoms with van der Waals surface area (Å²) in [5.74, 6) is 5.92. The molecule has 0 atom stereocenters. The Balaban J connectivity index is 1.83. The van der Waals surface area contributed by atoms with E-state index in [9.17, 15) is 14.7 Å². The van der Waals surface area contributed by atoms with E-state index < -0.39 is 11.6 Å². The van der Waals surface area contributed by atoms with Crippen LogP contribution in [-0.2, 0) is 16.1 Å². The second kappa shape index (κ2) is 10.9. The van der Waals surface area contributed by atoms with Crippen LogP contribution in [0.15, 0.2) is 24.3 Å². The lowest BCUT2D eigenvalue weighted by molar-refractivity contribution is -0.143. The summed E-state index contributed by atoms with van der Waals surface area (Å²) in [5.41, 5.74) is 2.46. The van der Waals surface area contributed by atoms with E-state index >= 15 is 0 Å². The minimum Gasteiger partial charge on any atom is -0.481 e. The van der Waals surface area contributed by atoms with Crippen LogP contribution in [0.1, 0.15) is 72.7 Å². The smallest absolute Gasteiger partial charge is 0.306 e. The third-order valence-electron chi connectivity index (χ3n) is 6.57. The Morgan fingerprint density at radius 1 is 1.18 bits per heavy atom.